The van der Waals surface area contributed by atoms with E-state index < -0.39 is 46.2 Å². The summed E-state index contributed by atoms with van der Waals surface area (Å²) >= 11 is 1.42. The predicted octanol–water partition coefficient (Wildman–Crippen LogP) is 4.36. The fraction of sp³-hybridized carbons (Fsp3) is 0.808. The maximum Gasteiger partial charge on any atom is 0.408 e. The second kappa shape index (κ2) is 9.17. The zero-order valence-corrected chi connectivity index (χ0v) is 24.1. The van der Waals surface area contributed by atoms with Crippen molar-refractivity contribution in [3.05, 3.63) is 5.82 Å². The van der Waals surface area contributed by atoms with Gasteiger partial charge in [0.25, 0.3) is 0 Å². The van der Waals surface area contributed by atoms with Crippen LogP contribution < -0.4 is 5.32 Å². The maximum absolute atomic E-state index is 13.8. The molecule has 1 unspecified atom stereocenters. The molecule has 1 aromatic heterocycles. The summed E-state index contributed by atoms with van der Waals surface area (Å²) in [6, 6.07) is 0. The highest BCUT2D eigenvalue weighted by Gasteiger charge is 2.77. The number of aromatic amines is 1. The number of aromatic nitrogens is 3. The van der Waals surface area contributed by atoms with Gasteiger partial charge < -0.3 is 19.5 Å². The van der Waals surface area contributed by atoms with Gasteiger partial charge >= 0.3 is 18.0 Å². The number of H-pyrrole nitrogens is 1. The van der Waals surface area contributed by atoms with Crippen LogP contribution in [0.5, 0.6) is 0 Å². The van der Waals surface area contributed by atoms with Gasteiger partial charge in [0.05, 0.1) is 5.92 Å². The van der Waals surface area contributed by atoms with Crippen LogP contribution in [0, 0.1) is 17.8 Å². The number of nitrogens with zero attached hydrogens (tertiary/aromatic N) is 2. The highest BCUT2D eigenvalue weighted by Crippen LogP contribution is 2.66. The first kappa shape index (κ1) is 27.7. The van der Waals surface area contributed by atoms with Crippen LogP contribution in [0.3, 0.4) is 0 Å². The molecule has 37 heavy (non-hydrogen) atoms. The van der Waals surface area contributed by atoms with Gasteiger partial charge in [-0.25, -0.2) is 14.6 Å². The van der Waals surface area contributed by atoms with Gasteiger partial charge in [-0.3, -0.25) is 9.89 Å². The molecule has 3 saturated carbocycles. The minimum Gasteiger partial charge on any atom is -0.460 e. The molecule has 0 spiro atoms. The number of carbonyl (C=O) groups is 3. The molecule has 11 heteroatoms. The summed E-state index contributed by atoms with van der Waals surface area (Å²) in [5, 5.41) is 10.6. The Balaban J connectivity index is 1.66. The quantitative estimate of drug-likeness (QED) is 0.402. The number of amides is 1. The van der Waals surface area contributed by atoms with Crippen LogP contribution in [0.2, 0.25) is 0 Å². The molecular weight excluding hydrogens is 496 g/mol. The van der Waals surface area contributed by atoms with Crippen LogP contribution in [-0.2, 0) is 23.8 Å². The van der Waals surface area contributed by atoms with Crippen molar-refractivity contribution in [1.29, 1.82) is 0 Å². The van der Waals surface area contributed by atoms with E-state index in [0.29, 0.717) is 11.1 Å². The molecule has 4 rings (SSSR count). The summed E-state index contributed by atoms with van der Waals surface area (Å²) in [5.41, 5.74) is -3.70. The van der Waals surface area contributed by atoms with Crippen LogP contribution in [0.25, 0.3) is 0 Å². The van der Waals surface area contributed by atoms with Gasteiger partial charge in [-0.05, 0) is 87.5 Å². The minimum absolute atomic E-state index is 0.215. The Morgan fingerprint density at radius 3 is 2.08 bits per heavy atom. The first-order valence-corrected chi connectivity index (χ1v) is 13.8. The molecule has 206 valence electrons. The molecule has 5 atom stereocenters. The number of fused-ring (bicyclic) bond motifs is 1. The molecule has 3 aliphatic rings. The van der Waals surface area contributed by atoms with E-state index in [2.05, 4.69) is 20.5 Å². The number of ether oxygens (including phenoxy) is 3. The number of hydrogen-bond donors (Lipinski definition) is 2. The van der Waals surface area contributed by atoms with Crippen LogP contribution in [0.1, 0.15) is 93.3 Å². The normalized spacial score (nSPS) is 29.3. The van der Waals surface area contributed by atoms with Crippen LogP contribution >= 0.6 is 11.8 Å². The number of rotatable bonds is 6. The van der Waals surface area contributed by atoms with E-state index in [1.165, 1.54) is 11.8 Å². The molecule has 1 amide bonds. The Hall–Kier alpha value is -2.30. The Morgan fingerprint density at radius 2 is 1.54 bits per heavy atom. The minimum atomic E-state index is -1.45. The molecule has 10 nitrogen and oxygen atoms in total. The molecule has 3 fully saturated rings. The number of carbonyl (C=O) groups excluding carboxylic acids is 3. The van der Waals surface area contributed by atoms with Gasteiger partial charge in [-0.2, -0.15) is 0 Å². The number of nitrogens with one attached hydrogen (secondary N) is 2. The smallest absolute Gasteiger partial charge is 0.408 e. The fourth-order valence-corrected chi connectivity index (χ4v) is 6.42. The van der Waals surface area contributed by atoms with Gasteiger partial charge in [0, 0.05) is 17.1 Å². The summed E-state index contributed by atoms with van der Waals surface area (Å²) in [7, 11) is 0. The Morgan fingerprint density at radius 1 is 0.946 bits per heavy atom. The van der Waals surface area contributed by atoms with Gasteiger partial charge in [0.15, 0.2) is 0 Å². The second-order valence-electron chi connectivity index (χ2n) is 13.4. The third-order valence-electron chi connectivity index (χ3n) is 6.47. The number of alkyl carbamates (subject to hydrolysis) is 1. The Bertz CT molecular complexity index is 1060. The van der Waals surface area contributed by atoms with Gasteiger partial charge in [-0.15, -0.1) is 5.10 Å². The molecule has 0 saturated heterocycles. The van der Waals surface area contributed by atoms with Crippen molar-refractivity contribution in [2.75, 3.05) is 0 Å². The predicted molar refractivity (Wildman–Crippen MR) is 137 cm³/mol. The lowest BCUT2D eigenvalue weighted by atomic mass is 9.89. The fourth-order valence-electron chi connectivity index (χ4n) is 5.06. The van der Waals surface area contributed by atoms with Crippen LogP contribution in [0.4, 0.5) is 4.79 Å². The average molecular weight is 537 g/mol. The summed E-state index contributed by atoms with van der Waals surface area (Å²) in [4.78, 5) is 44.7. The van der Waals surface area contributed by atoms with Crippen molar-refractivity contribution in [2.45, 2.75) is 120 Å². The van der Waals surface area contributed by atoms with Crippen molar-refractivity contribution in [3.8, 4) is 0 Å². The molecule has 0 aromatic carbocycles. The van der Waals surface area contributed by atoms with Crippen LogP contribution in [-0.4, -0.2) is 60.8 Å². The number of hydrogen-bond acceptors (Lipinski definition) is 9. The third kappa shape index (κ3) is 6.41. The maximum atomic E-state index is 13.8. The van der Waals surface area contributed by atoms with E-state index >= 15 is 0 Å². The lowest BCUT2D eigenvalue weighted by Crippen LogP contribution is -2.59. The zero-order valence-electron chi connectivity index (χ0n) is 23.3. The van der Waals surface area contributed by atoms with Crippen molar-refractivity contribution in [2.24, 2.45) is 17.8 Å². The SMILES string of the molecule is CC(C)(C)OC(=O)N[C@@]1(C(=O)OC(C)(C)C)C[C@@H](Sc2n[nH]c(C3CC3)n2)C2[C@H](C(=O)OC(C)(C)C)[C@H]21. The van der Waals surface area contributed by atoms with Crippen molar-refractivity contribution in [1.82, 2.24) is 20.5 Å². The number of esters is 2. The molecular formula is C26H40N4O6S. The molecule has 2 N–H and O–H groups in total. The average Bonchev–Trinajstić information content (AvgIpc) is 3.58. The van der Waals surface area contributed by atoms with E-state index in [1.54, 1.807) is 41.5 Å². The standard InChI is InChI=1S/C26H40N4O6S/c1-23(2,3)34-19(31)16-15-14(37-21-27-18(29-30-21)13-10-11-13)12-26(17(15)16,20(32)35-24(4,5)6)28-22(33)36-25(7,8)9/h13-17H,10-12H2,1-9H3,(H,28,33)(H,27,29,30)/t14-,15?,16+,17+,26+/m1/s1. The third-order valence-corrected chi connectivity index (χ3v) is 7.64. The van der Waals surface area contributed by atoms with Crippen molar-refractivity contribution < 1.29 is 28.6 Å². The molecule has 0 radical (unpaired) electrons. The van der Waals surface area contributed by atoms with E-state index in [9.17, 15) is 14.4 Å². The molecule has 0 bridgehead atoms. The largest absolute Gasteiger partial charge is 0.460 e. The highest BCUT2D eigenvalue weighted by atomic mass is 32.2. The second-order valence-corrected chi connectivity index (χ2v) is 14.6. The first-order chi connectivity index (χ1) is 16.9. The zero-order chi connectivity index (χ0) is 27.6. The lowest BCUT2D eigenvalue weighted by Gasteiger charge is -2.35. The van der Waals surface area contributed by atoms with E-state index in [-0.39, 0.29) is 23.6 Å². The lowest BCUT2D eigenvalue weighted by molar-refractivity contribution is -0.165. The molecule has 0 aliphatic heterocycles. The topological polar surface area (TPSA) is 132 Å². The van der Waals surface area contributed by atoms with E-state index in [0.717, 1.165) is 18.7 Å². The summed E-state index contributed by atoms with van der Waals surface area (Å²) in [6.45, 7) is 16.0. The van der Waals surface area contributed by atoms with Gasteiger partial charge in [-0.1, -0.05) is 11.8 Å². The summed E-state index contributed by atoms with van der Waals surface area (Å²) in [6.07, 6.45) is 1.71. The van der Waals surface area contributed by atoms with Crippen molar-refractivity contribution in [3.63, 3.8) is 0 Å². The van der Waals surface area contributed by atoms with E-state index in [1.807, 2.05) is 20.8 Å². The number of thioether (sulfide) groups is 1. The van der Waals surface area contributed by atoms with Gasteiger partial charge in [0.2, 0.25) is 5.16 Å². The van der Waals surface area contributed by atoms with E-state index in [4.69, 9.17) is 14.2 Å². The van der Waals surface area contributed by atoms with Crippen molar-refractivity contribution >= 4 is 29.8 Å². The monoisotopic (exact) mass is 536 g/mol. The first-order valence-electron chi connectivity index (χ1n) is 12.9. The Labute approximate surface area is 222 Å². The molecule has 3 aliphatic carbocycles. The molecule has 1 heterocycles. The van der Waals surface area contributed by atoms with Crippen LogP contribution in [0.15, 0.2) is 5.16 Å². The van der Waals surface area contributed by atoms with Gasteiger partial charge in [0.1, 0.15) is 28.2 Å². The Kier molecular flexibility index (Phi) is 6.87. The summed E-state index contributed by atoms with van der Waals surface area (Å²) in [5.74, 6) is -0.974. The highest BCUT2D eigenvalue weighted by molar-refractivity contribution is 7.99. The summed E-state index contributed by atoms with van der Waals surface area (Å²) < 4.78 is 17.1. The molecule has 1 aromatic rings.